The fourth-order valence-corrected chi connectivity index (χ4v) is 3.16. The maximum absolute atomic E-state index is 12.0. The fraction of sp³-hybridized carbons (Fsp3) is 0.312. The van der Waals surface area contributed by atoms with Crippen molar-refractivity contribution in [2.24, 2.45) is 0 Å². The normalized spacial score (nSPS) is 12.2. The van der Waals surface area contributed by atoms with Crippen LogP contribution in [0.25, 0.3) is 0 Å². The minimum absolute atomic E-state index is 0.160. The van der Waals surface area contributed by atoms with Gasteiger partial charge >= 0.3 is 6.03 Å². The molecule has 22 heavy (non-hydrogen) atoms. The lowest BCUT2D eigenvalue weighted by Crippen LogP contribution is -2.36. The van der Waals surface area contributed by atoms with Gasteiger partial charge < -0.3 is 15.5 Å². The van der Waals surface area contributed by atoms with Crippen LogP contribution < -0.4 is 10.6 Å². The van der Waals surface area contributed by atoms with E-state index >= 15 is 0 Å². The molecular formula is C16H20ClN3OS. The molecule has 0 saturated carbocycles. The Morgan fingerprint density at radius 3 is 2.73 bits per heavy atom. The Kier molecular flexibility index (Phi) is 5.83. The third kappa shape index (κ3) is 4.47. The second-order valence-electron chi connectivity index (χ2n) is 5.29. The number of anilines is 1. The van der Waals surface area contributed by atoms with Gasteiger partial charge in [0.15, 0.2) is 0 Å². The maximum Gasteiger partial charge on any atom is 0.319 e. The van der Waals surface area contributed by atoms with Crippen molar-refractivity contribution in [3.63, 3.8) is 0 Å². The van der Waals surface area contributed by atoms with Gasteiger partial charge in [-0.15, -0.1) is 11.3 Å². The quantitative estimate of drug-likeness (QED) is 0.861. The number of urea groups is 1. The predicted molar refractivity (Wildman–Crippen MR) is 94.0 cm³/mol. The lowest BCUT2D eigenvalue weighted by Gasteiger charge is -2.23. The first-order valence-electron chi connectivity index (χ1n) is 6.98. The minimum atomic E-state index is -0.233. The zero-order valence-corrected chi connectivity index (χ0v) is 14.5. The highest BCUT2D eigenvalue weighted by molar-refractivity contribution is 7.10. The van der Waals surface area contributed by atoms with Crippen molar-refractivity contribution in [1.29, 1.82) is 0 Å². The summed E-state index contributed by atoms with van der Waals surface area (Å²) in [5, 5.41) is 8.39. The Bertz CT molecular complexity index is 628. The molecule has 1 atom stereocenters. The average Bonchev–Trinajstić information content (AvgIpc) is 2.97. The summed E-state index contributed by atoms with van der Waals surface area (Å²) in [5.74, 6) is 0. The van der Waals surface area contributed by atoms with Crippen LogP contribution in [0, 0.1) is 6.92 Å². The van der Waals surface area contributed by atoms with Gasteiger partial charge in [-0.25, -0.2) is 4.79 Å². The first-order valence-corrected chi connectivity index (χ1v) is 8.24. The fourth-order valence-electron chi connectivity index (χ4n) is 2.05. The summed E-state index contributed by atoms with van der Waals surface area (Å²) in [5.41, 5.74) is 1.67. The molecule has 1 unspecified atom stereocenters. The number of thiophene rings is 1. The summed E-state index contributed by atoms with van der Waals surface area (Å²) in [6, 6.07) is 9.49. The molecule has 2 N–H and O–H groups in total. The van der Waals surface area contributed by atoms with E-state index in [0.717, 1.165) is 5.56 Å². The SMILES string of the molecule is Cc1ccc(NC(=O)NCC(c2cccs2)N(C)C)cc1Cl. The van der Waals surface area contributed by atoms with Gasteiger partial charge in [-0.3, -0.25) is 0 Å². The molecule has 6 heteroatoms. The molecule has 1 heterocycles. The number of hydrogen-bond acceptors (Lipinski definition) is 3. The molecule has 0 aliphatic rings. The van der Waals surface area contributed by atoms with E-state index < -0.39 is 0 Å². The number of aryl methyl sites for hydroxylation is 1. The van der Waals surface area contributed by atoms with Gasteiger partial charge in [0.05, 0.1) is 6.04 Å². The third-order valence-electron chi connectivity index (χ3n) is 3.38. The molecule has 0 bridgehead atoms. The highest BCUT2D eigenvalue weighted by Crippen LogP contribution is 2.22. The van der Waals surface area contributed by atoms with Crippen LogP contribution in [-0.2, 0) is 0 Å². The van der Waals surface area contributed by atoms with Gasteiger partial charge in [0.1, 0.15) is 0 Å². The molecule has 0 fully saturated rings. The van der Waals surface area contributed by atoms with Crippen molar-refractivity contribution in [2.75, 3.05) is 26.0 Å². The number of carbonyl (C=O) groups excluding carboxylic acids is 1. The van der Waals surface area contributed by atoms with Crippen LogP contribution in [0.5, 0.6) is 0 Å². The van der Waals surface area contributed by atoms with Gasteiger partial charge in [0, 0.05) is 22.1 Å². The molecule has 0 saturated heterocycles. The molecule has 2 amide bonds. The summed E-state index contributed by atoms with van der Waals surface area (Å²) in [7, 11) is 4.01. The Balaban J connectivity index is 1.92. The van der Waals surface area contributed by atoms with E-state index in [9.17, 15) is 4.79 Å². The molecule has 2 rings (SSSR count). The minimum Gasteiger partial charge on any atom is -0.336 e. The number of benzene rings is 1. The smallest absolute Gasteiger partial charge is 0.319 e. The second kappa shape index (κ2) is 7.63. The van der Waals surface area contributed by atoms with Crippen molar-refractivity contribution < 1.29 is 4.79 Å². The average molecular weight is 338 g/mol. The van der Waals surface area contributed by atoms with Crippen LogP contribution in [0.15, 0.2) is 35.7 Å². The van der Waals surface area contributed by atoms with E-state index in [-0.39, 0.29) is 12.1 Å². The van der Waals surface area contributed by atoms with Crippen LogP contribution in [0.3, 0.4) is 0 Å². The number of nitrogens with zero attached hydrogens (tertiary/aromatic N) is 1. The largest absolute Gasteiger partial charge is 0.336 e. The number of amides is 2. The van der Waals surface area contributed by atoms with E-state index in [4.69, 9.17) is 11.6 Å². The molecule has 0 aliphatic heterocycles. The number of nitrogens with one attached hydrogen (secondary N) is 2. The van der Waals surface area contributed by atoms with Crippen LogP contribution in [0.2, 0.25) is 5.02 Å². The van der Waals surface area contributed by atoms with Gasteiger partial charge in [-0.05, 0) is 50.2 Å². The monoisotopic (exact) mass is 337 g/mol. The molecule has 0 radical (unpaired) electrons. The molecular weight excluding hydrogens is 318 g/mol. The molecule has 2 aromatic rings. The second-order valence-corrected chi connectivity index (χ2v) is 6.68. The summed E-state index contributed by atoms with van der Waals surface area (Å²) in [4.78, 5) is 15.3. The summed E-state index contributed by atoms with van der Waals surface area (Å²) in [6.45, 7) is 2.47. The Hall–Kier alpha value is -1.56. The van der Waals surface area contributed by atoms with Crippen molar-refractivity contribution in [2.45, 2.75) is 13.0 Å². The first kappa shape index (κ1) is 16.8. The van der Waals surface area contributed by atoms with Crippen LogP contribution in [0.1, 0.15) is 16.5 Å². The molecule has 1 aromatic carbocycles. The molecule has 0 aliphatic carbocycles. The Morgan fingerprint density at radius 2 is 2.14 bits per heavy atom. The lowest BCUT2D eigenvalue weighted by molar-refractivity contribution is 0.244. The third-order valence-corrected chi connectivity index (χ3v) is 4.76. The molecule has 4 nitrogen and oxygen atoms in total. The highest BCUT2D eigenvalue weighted by atomic mass is 35.5. The molecule has 1 aromatic heterocycles. The van der Waals surface area contributed by atoms with Gasteiger partial charge in [0.25, 0.3) is 0 Å². The van der Waals surface area contributed by atoms with Crippen LogP contribution in [0.4, 0.5) is 10.5 Å². The number of likely N-dealkylation sites (N-methyl/N-ethyl adjacent to an activating group) is 1. The first-order chi connectivity index (χ1) is 10.5. The summed E-state index contributed by atoms with van der Waals surface area (Å²) in [6.07, 6.45) is 0. The van der Waals surface area contributed by atoms with Gasteiger partial charge in [0.2, 0.25) is 0 Å². The van der Waals surface area contributed by atoms with Crippen LogP contribution in [-0.4, -0.2) is 31.6 Å². The van der Waals surface area contributed by atoms with E-state index in [1.807, 2.05) is 44.6 Å². The number of carbonyl (C=O) groups is 1. The number of hydrogen-bond donors (Lipinski definition) is 2. The Morgan fingerprint density at radius 1 is 1.36 bits per heavy atom. The highest BCUT2D eigenvalue weighted by Gasteiger charge is 2.16. The van der Waals surface area contributed by atoms with E-state index in [2.05, 4.69) is 21.6 Å². The van der Waals surface area contributed by atoms with Gasteiger partial charge in [-0.2, -0.15) is 0 Å². The zero-order chi connectivity index (χ0) is 16.1. The van der Waals surface area contributed by atoms with E-state index in [1.165, 1.54) is 4.88 Å². The lowest BCUT2D eigenvalue weighted by atomic mass is 10.2. The predicted octanol–water partition coefficient (Wildman–Crippen LogP) is 4.13. The standard InChI is InChI=1S/C16H20ClN3OS/c1-11-6-7-12(9-13(11)17)19-16(21)18-10-14(20(2)3)15-5-4-8-22-15/h4-9,14H,10H2,1-3H3,(H2,18,19,21). The molecule has 118 valence electrons. The zero-order valence-electron chi connectivity index (χ0n) is 12.9. The summed E-state index contributed by atoms with van der Waals surface area (Å²) >= 11 is 7.74. The van der Waals surface area contributed by atoms with Crippen LogP contribution >= 0.6 is 22.9 Å². The Labute approximate surface area is 140 Å². The van der Waals surface area contributed by atoms with Gasteiger partial charge in [-0.1, -0.05) is 23.7 Å². The van der Waals surface area contributed by atoms with Crippen molar-refractivity contribution >= 4 is 34.7 Å². The van der Waals surface area contributed by atoms with Crippen molar-refractivity contribution in [3.05, 3.63) is 51.2 Å². The van der Waals surface area contributed by atoms with Crippen molar-refractivity contribution in [1.82, 2.24) is 10.2 Å². The van der Waals surface area contributed by atoms with E-state index in [1.54, 1.807) is 17.4 Å². The topological polar surface area (TPSA) is 44.4 Å². The maximum atomic E-state index is 12.0. The van der Waals surface area contributed by atoms with Crippen molar-refractivity contribution in [3.8, 4) is 0 Å². The summed E-state index contributed by atoms with van der Waals surface area (Å²) < 4.78 is 0. The number of rotatable bonds is 5. The van der Waals surface area contributed by atoms with E-state index in [0.29, 0.717) is 17.3 Å². The molecule has 0 spiro atoms. The number of halogens is 1.